The van der Waals surface area contributed by atoms with Gasteiger partial charge in [-0.1, -0.05) is 36.4 Å². The van der Waals surface area contributed by atoms with Gasteiger partial charge in [0.1, 0.15) is 0 Å². The Morgan fingerprint density at radius 3 is 2.14 bits per heavy atom. The molecule has 0 aliphatic carbocycles. The van der Waals surface area contributed by atoms with Crippen molar-refractivity contribution in [2.75, 3.05) is 0 Å². The largest absolute Gasteiger partial charge is 0.346 e. The zero-order chi connectivity index (χ0) is 21.0. The minimum Gasteiger partial charge on any atom is -0.346 e. The Kier molecular flexibility index (Phi) is 5.68. The number of hydrazine groups is 1. The zero-order valence-electron chi connectivity index (χ0n) is 15.8. The second kappa shape index (κ2) is 8.34. The van der Waals surface area contributed by atoms with E-state index in [2.05, 4.69) is 15.8 Å². The second-order valence-electron chi connectivity index (χ2n) is 6.48. The molecule has 0 fully saturated rings. The number of fused-ring (bicyclic) bond motifs is 1. The summed E-state index contributed by atoms with van der Waals surface area (Å²) in [5.41, 5.74) is 4.24. The summed E-state index contributed by atoms with van der Waals surface area (Å²) in [5.74, 6) is -2.67. The van der Waals surface area contributed by atoms with E-state index in [9.17, 15) is 19.2 Å². The molecule has 2 aromatic carbocycles. The molecule has 9 heteroatoms. The van der Waals surface area contributed by atoms with Crippen molar-refractivity contribution in [3.05, 3.63) is 70.6 Å². The number of aromatic nitrogens is 2. The van der Waals surface area contributed by atoms with Crippen molar-refractivity contribution >= 4 is 28.5 Å². The predicted molar refractivity (Wildman–Crippen MR) is 106 cm³/mol. The van der Waals surface area contributed by atoms with Crippen LogP contribution in [0.5, 0.6) is 0 Å². The molecule has 0 spiro atoms. The maximum absolute atomic E-state index is 12.8. The average molecular weight is 393 g/mol. The molecular weight excluding hydrogens is 374 g/mol. The van der Waals surface area contributed by atoms with Crippen molar-refractivity contribution in [1.29, 1.82) is 0 Å². The van der Waals surface area contributed by atoms with Crippen LogP contribution in [0.1, 0.15) is 24.3 Å². The number of carbonyl (C=O) groups excluding carboxylic acids is 3. The Bertz CT molecular complexity index is 1140. The minimum absolute atomic E-state index is 0.0754. The third kappa shape index (κ3) is 4.29. The summed E-state index contributed by atoms with van der Waals surface area (Å²) < 4.78 is 1.12. The van der Waals surface area contributed by atoms with Gasteiger partial charge in [-0.05, 0) is 32.0 Å². The molecule has 3 aromatic rings. The summed E-state index contributed by atoms with van der Waals surface area (Å²) >= 11 is 0. The predicted octanol–water partition coefficient (Wildman–Crippen LogP) is 0.671. The van der Waals surface area contributed by atoms with Gasteiger partial charge >= 0.3 is 11.8 Å². The van der Waals surface area contributed by atoms with Gasteiger partial charge in [-0.2, -0.15) is 9.78 Å². The summed E-state index contributed by atoms with van der Waals surface area (Å²) in [6.45, 7) is 3.40. The zero-order valence-corrected chi connectivity index (χ0v) is 15.8. The number of hydrogen-bond acceptors (Lipinski definition) is 5. The molecule has 0 aliphatic heterocycles. The van der Waals surface area contributed by atoms with Gasteiger partial charge < -0.3 is 5.32 Å². The number of carbonyl (C=O) groups is 3. The molecule has 0 aliphatic rings. The van der Waals surface area contributed by atoms with Gasteiger partial charge in [0.05, 0.1) is 11.1 Å². The third-order valence-electron chi connectivity index (χ3n) is 3.94. The quantitative estimate of drug-likeness (QED) is 0.446. The van der Waals surface area contributed by atoms with E-state index in [-0.39, 0.29) is 17.3 Å². The number of amides is 3. The smallest absolute Gasteiger partial charge is 0.327 e. The molecular formula is C20H19N5O4. The molecule has 3 rings (SSSR count). The highest BCUT2D eigenvalue weighted by molar-refractivity contribution is 6.35. The summed E-state index contributed by atoms with van der Waals surface area (Å²) in [4.78, 5) is 48.9. The molecule has 3 N–H and O–H groups in total. The van der Waals surface area contributed by atoms with Crippen molar-refractivity contribution < 1.29 is 14.4 Å². The van der Waals surface area contributed by atoms with Crippen LogP contribution in [-0.2, 0) is 9.59 Å². The third-order valence-corrected chi connectivity index (χ3v) is 3.94. The molecule has 0 saturated heterocycles. The van der Waals surface area contributed by atoms with Crippen LogP contribution in [-0.4, -0.2) is 33.5 Å². The Morgan fingerprint density at radius 1 is 0.862 bits per heavy atom. The lowest BCUT2D eigenvalue weighted by Gasteiger charge is -2.12. The van der Waals surface area contributed by atoms with Crippen molar-refractivity contribution in [3.63, 3.8) is 0 Å². The number of nitrogens with zero attached hydrogens (tertiary/aromatic N) is 2. The van der Waals surface area contributed by atoms with Crippen molar-refractivity contribution in [2.45, 2.75) is 19.9 Å². The van der Waals surface area contributed by atoms with E-state index in [1.165, 1.54) is 0 Å². The van der Waals surface area contributed by atoms with Crippen LogP contribution in [0.15, 0.2) is 59.4 Å². The molecule has 0 saturated carbocycles. The first-order valence-electron chi connectivity index (χ1n) is 8.87. The minimum atomic E-state index is -1.02. The SMILES string of the molecule is CC(C)NC(=O)C(=O)NNC(=O)c1nn(-c2ccccc2)c(=O)c2ccccc12. The van der Waals surface area contributed by atoms with Crippen LogP contribution >= 0.6 is 0 Å². The highest BCUT2D eigenvalue weighted by atomic mass is 16.2. The van der Waals surface area contributed by atoms with E-state index in [1.807, 2.05) is 5.43 Å². The van der Waals surface area contributed by atoms with Crippen LogP contribution in [0.25, 0.3) is 16.5 Å². The van der Waals surface area contributed by atoms with Gasteiger partial charge in [0.2, 0.25) is 0 Å². The molecule has 0 radical (unpaired) electrons. The molecule has 0 unspecified atom stereocenters. The monoisotopic (exact) mass is 393 g/mol. The molecule has 3 amide bonds. The van der Waals surface area contributed by atoms with Gasteiger partial charge in [0.25, 0.3) is 11.5 Å². The van der Waals surface area contributed by atoms with Crippen LogP contribution in [0.3, 0.4) is 0 Å². The van der Waals surface area contributed by atoms with Gasteiger partial charge in [0, 0.05) is 11.4 Å². The first kappa shape index (κ1) is 19.7. The van der Waals surface area contributed by atoms with E-state index in [0.29, 0.717) is 16.5 Å². The lowest BCUT2D eigenvalue weighted by atomic mass is 10.1. The highest BCUT2D eigenvalue weighted by Gasteiger charge is 2.20. The van der Waals surface area contributed by atoms with Crippen molar-refractivity contribution in [1.82, 2.24) is 25.9 Å². The summed E-state index contributed by atoms with van der Waals surface area (Å²) in [6, 6.07) is 14.9. The highest BCUT2D eigenvalue weighted by Crippen LogP contribution is 2.15. The molecule has 0 bridgehead atoms. The topological polar surface area (TPSA) is 122 Å². The number of hydrogen-bond donors (Lipinski definition) is 3. The van der Waals surface area contributed by atoms with Crippen LogP contribution in [0.2, 0.25) is 0 Å². The normalized spacial score (nSPS) is 10.6. The lowest BCUT2D eigenvalue weighted by molar-refractivity contribution is -0.139. The summed E-state index contributed by atoms with van der Waals surface area (Å²) in [5, 5.41) is 7.21. The fourth-order valence-corrected chi connectivity index (χ4v) is 2.66. The van der Waals surface area contributed by atoms with Crippen LogP contribution in [0.4, 0.5) is 0 Å². The number of nitrogens with one attached hydrogen (secondary N) is 3. The Hall–Kier alpha value is -4.01. The Balaban J connectivity index is 1.95. The number of benzene rings is 2. The van der Waals surface area contributed by atoms with Crippen molar-refractivity contribution in [2.24, 2.45) is 0 Å². The van der Waals surface area contributed by atoms with Gasteiger partial charge in [-0.3, -0.25) is 30.0 Å². The van der Waals surface area contributed by atoms with Crippen LogP contribution in [0, 0.1) is 0 Å². The average Bonchev–Trinajstić information content (AvgIpc) is 2.72. The van der Waals surface area contributed by atoms with Crippen molar-refractivity contribution in [3.8, 4) is 5.69 Å². The first-order valence-corrected chi connectivity index (χ1v) is 8.87. The van der Waals surface area contributed by atoms with Gasteiger partial charge in [0.15, 0.2) is 5.69 Å². The summed E-state index contributed by atoms with van der Waals surface area (Å²) in [7, 11) is 0. The standard InChI is InChI=1S/C20H19N5O4/c1-12(2)21-18(27)19(28)23-22-17(26)16-14-10-6-7-11-15(14)20(29)25(24-16)13-8-4-3-5-9-13/h3-12H,1-2H3,(H,21,27)(H,22,26)(H,23,28). The van der Waals surface area contributed by atoms with E-state index in [0.717, 1.165) is 4.68 Å². The van der Waals surface area contributed by atoms with Gasteiger partial charge in [-0.25, -0.2) is 0 Å². The molecule has 148 valence electrons. The maximum atomic E-state index is 12.8. The first-order chi connectivity index (χ1) is 13.9. The lowest BCUT2D eigenvalue weighted by Crippen LogP contribution is -2.50. The molecule has 9 nitrogen and oxygen atoms in total. The molecule has 29 heavy (non-hydrogen) atoms. The van der Waals surface area contributed by atoms with E-state index in [1.54, 1.807) is 68.4 Å². The number of para-hydroxylation sites is 1. The fraction of sp³-hybridized carbons (Fsp3) is 0.150. The maximum Gasteiger partial charge on any atom is 0.327 e. The fourth-order valence-electron chi connectivity index (χ4n) is 2.66. The van der Waals surface area contributed by atoms with E-state index in [4.69, 9.17) is 0 Å². The summed E-state index contributed by atoms with van der Waals surface area (Å²) in [6.07, 6.45) is 0. The van der Waals surface area contributed by atoms with Crippen LogP contribution < -0.4 is 21.7 Å². The molecule has 0 atom stereocenters. The number of rotatable bonds is 3. The molecule has 1 aromatic heterocycles. The van der Waals surface area contributed by atoms with E-state index < -0.39 is 17.7 Å². The van der Waals surface area contributed by atoms with E-state index >= 15 is 0 Å². The van der Waals surface area contributed by atoms with Gasteiger partial charge in [-0.15, -0.1) is 0 Å². The Morgan fingerprint density at radius 2 is 1.48 bits per heavy atom. The molecule has 1 heterocycles. The second-order valence-corrected chi connectivity index (χ2v) is 6.48. The Labute approximate surface area is 165 Å².